The summed E-state index contributed by atoms with van der Waals surface area (Å²) in [6.07, 6.45) is 1.88. The van der Waals surface area contributed by atoms with Gasteiger partial charge in [0.15, 0.2) is 0 Å². The Kier molecular flexibility index (Phi) is 4.69. The van der Waals surface area contributed by atoms with E-state index >= 15 is 0 Å². The highest BCUT2D eigenvalue weighted by Crippen LogP contribution is 2.27. The predicted octanol–water partition coefficient (Wildman–Crippen LogP) is 6.13. The maximum atomic E-state index is 5.96. The molecule has 0 aliphatic rings. The fraction of sp³-hybridized carbons (Fsp3) is 0.0800. The van der Waals surface area contributed by atoms with Crippen LogP contribution in [-0.2, 0) is 6.54 Å². The third-order valence-electron chi connectivity index (χ3n) is 5.06. The first-order valence-electron chi connectivity index (χ1n) is 9.80. The SMILES string of the molecule is COc1ccc(Oc2cccc(CNc3cc4c(cn3)[nH]c3ccccc34)c2)cc1. The average Bonchev–Trinajstić information content (AvgIpc) is 3.16. The molecule has 0 spiro atoms. The minimum atomic E-state index is 0.653. The summed E-state index contributed by atoms with van der Waals surface area (Å²) in [7, 11) is 1.65. The van der Waals surface area contributed by atoms with Crippen molar-refractivity contribution >= 4 is 27.6 Å². The largest absolute Gasteiger partial charge is 0.497 e. The van der Waals surface area contributed by atoms with Crippen molar-refractivity contribution in [1.29, 1.82) is 0 Å². The molecule has 0 aliphatic carbocycles. The summed E-state index contributed by atoms with van der Waals surface area (Å²) in [5, 5.41) is 5.78. The number of fused-ring (bicyclic) bond motifs is 3. The highest BCUT2D eigenvalue weighted by atomic mass is 16.5. The van der Waals surface area contributed by atoms with Crippen LogP contribution in [0.1, 0.15) is 5.56 Å². The summed E-state index contributed by atoms with van der Waals surface area (Å²) in [5.74, 6) is 3.21. The Labute approximate surface area is 174 Å². The first kappa shape index (κ1) is 18.1. The molecule has 0 bridgehead atoms. The van der Waals surface area contributed by atoms with Gasteiger partial charge in [0.25, 0.3) is 0 Å². The van der Waals surface area contributed by atoms with Crippen molar-refractivity contribution in [3.8, 4) is 17.2 Å². The van der Waals surface area contributed by atoms with Crippen LogP contribution < -0.4 is 14.8 Å². The van der Waals surface area contributed by atoms with Crippen molar-refractivity contribution in [3.05, 3.63) is 90.6 Å². The summed E-state index contributed by atoms with van der Waals surface area (Å²) in [5.41, 5.74) is 3.27. The number of nitrogens with zero attached hydrogens (tertiary/aromatic N) is 1. The zero-order chi connectivity index (χ0) is 20.3. The van der Waals surface area contributed by atoms with Crippen molar-refractivity contribution in [2.75, 3.05) is 12.4 Å². The molecule has 0 atom stereocenters. The lowest BCUT2D eigenvalue weighted by Gasteiger charge is -2.10. The van der Waals surface area contributed by atoms with E-state index < -0.39 is 0 Å². The fourth-order valence-corrected chi connectivity index (χ4v) is 3.54. The van der Waals surface area contributed by atoms with Crippen LogP contribution in [0.25, 0.3) is 21.8 Å². The molecule has 0 saturated carbocycles. The molecule has 0 saturated heterocycles. The number of pyridine rings is 1. The minimum Gasteiger partial charge on any atom is -0.497 e. The second-order valence-electron chi connectivity index (χ2n) is 7.06. The van der Waals surface area contributed by atoms with Crippen molar-refractivity contribution in [2.24, 2.45) is 0 Å². The highest BCUT2D eigenvalue weighted by molar-refractivity contribution is 6.07. The summed E-state index contributed by atoms with van der Waals surface area (Å²) in [6, 6.07) is 26.0. The predicted molar refractivity (Wildman–Crippen MR) is 120 cm³/mol. The van der Waals surface area contributed by atoms with E-state index in [1.807, 2.05) is 54.7 Å². The lowest BCUT2D eigenvalue weighted by atomic mass is 10.2. The number of benzene rings is 3. The molecule has 0 aliphatic heterocycles. The van der Waals surface area contributed by atoms with Gasteiger partial charge in [0.2, 0.25) is 0 Å². The summed E-state index contributed by atoms with van der Waals surface area (Å²) >= 11 is 0. The Morgan fingerprint density at radius 2 is 1.63 bits per heavy atom. The van der Waals surface area contributed by atoms with Crippen molar-refractivity contribution in [3.63, 3.8) is 0 Å². The van der Waals surface area contributed by atoms with Gasteiger partial charge in [0.05, 0.1) is 18.8 Å². The Balaban J connectivity index is 1.31. The number of H-pyrrole nitrogens is 1. The van der Waals surface area contributed by atoms with E-state index in [4.69, 9.17) is 9.47 Å². The molecule has 5 rings (SSSR count). The van der Waals surface area contributed by atoms with Gasteiger partial charge in [-0.3, -0.25) is 0 Å². The number of para-hydroxylation sites is 1. The van der Waals surface area contributed by atoms with Crippen molar-refractivity contribution in [1.82, 2.24) is 9.97 Å². The standard InChI is InChI=1S/C25H21N3O2/c1-29-18-9-11-19(12-10-18)30-20-6-4-5-17(13-20)15-26-25-14-22-21-7-2-3-8-23(21)28-24(22)16-27-25/h2-14,16,28H,15H2,1H3,(H,26,27). The molecule has 2 heterocycles. The van der Waals surface area contributed by atoms with Crippen LogP contribution in [-0.4, -0.2) is 17.1 Å². The number of hydrogen-bond acceptors (Lipinski definition) is 4. The van der Waals surface area contributed by atoms with Gasteiger partial charge in [-0.25, -0.2) is 4.98 Å². The molecule has 0 fully saturated rings. The molecule has 2 aromatic heterocycles. The van der Waals surface area contributed by atoms with Crippen molar-refractivity contribution in [2.45, 2.75) is 6.54 Å². The molecule has 3 aromatic carbocycles. The van der Waals surface area contributed by atoms with Crippen LogP contribution in [0.3, 0.4) is 0 Å². The summed E-state index contributed by atoms with van der Waals surface area (Å²) in [4.78, 5) is 7.94. The van der Waals surface area contributed by atoms with E-state index in [1.165, 1.54) is 10.8 Å². The molecule has 0 amide bonds. The third kappa shape index (κ3) is 3.65. The zero-order valence-electron chi connectivity index (χ0n) is 16.6. The van der Waals surface area contributed by atoms with Gasteiger partial charge in [-0.2, -0.15) is 0 Å². The monoisotopic (exact) mass is 395 g/mol. The Hall–Kier alpha value is -3.99. The third-order valence-corrected chi connectivity index (χ3v) is 5.06. The van der Waals surface area contributed by atoms with E-state index in [0.29, 0.717) is 6.54 Å². The highest BCUT2D eigenvalue weighted by Gasteiger charge is 2.06. The molecule has 30 heavy (non-hydrogen) atoms. The van der Waals surface area contributed by atoms with Crippen LogP contribution in [0.4, 0.5) is 5.82 Å². The molecule has 5 heteroatoms. The number of anilines is 1. The minimum absolute atomic E-state index is 0.653. The van der Waals surface area contributed by atoms with E-state index in [2.05, 4.69) is 45.6 Å². The van der Waals surface area contributed by atoms with E-state index in [-0.39, 0.29) is 0 Å². The van der Waals surface area contributed by atoms with Gasteiger partial charge in [-0.1, -0.05) is 30.3 Å². The molecule has 5 aromatic rings. The van der Waals surface area contributed by atoms with Crippen LogP contribution in [0.2, 0.25) is 0 Å². The normalized spacial score (nSPS) is 11.0. The van der Waals surface area contributed by atoms with E-state index in [1.54, 1.807) is 7.11 Å². The average molecular weight is 395 g/mol. The number of nitrogens with one attached hydrogen (secondary N) is 2. The summed E-state index contributed by atoms with van der Waals surface area (Å²) in [6.45, 7) is 0.653. The van der Waals surface area contributed by atoms with Crippen LogP contribution in [0.5, 0.6) is 17.2 Å². The summed E-state index contributed by atoms with van der Waals surface area (Å²) < 4.78 is 11.1. The molecular weight excluding hydrogens is 374 g/mol. The van der Waals surface area contributed by atoms with Gasteiger partial charge in [0, 0.05) is 22.8 Å². The van der Waals surface area contributed by atoms with Gasteiger partial charge in [0.1, 0.15) is 23.1 Å². The second-order valence-corrected chi connectivity index (χ2v) is 7.06. The number of rotatable bonds is 6. The van der Waals surface area contributed by atoms with Crippen LogP contribution in [0.15, 0.2) is 85.1 Å². The van der Waals surface area contributed by atoms with Gasteiger partial charge < -0.3 is 19.8 Å². The van der Waals surface area contributed by atoms with Crippen LogP contribution in [0, 0.1) is 0 Å². The smallest absolute Gasteiger partial charge is 0.127 e. The Bertz CT molecular complexity index is 1310. The fourth-order valence-electron chi connectivity index (χ4n) is 3.54. The Morgan fingerprint density at radius 1 is 0.800 bits per heavy atom. The molecular formula is C25H21N3O2. The van der Waals surface area contributed by atoms with Crippen LogP contribution >= 0.6 is 0 Å². The first-order valence-corrected chi connectivity index (χ1v) is 9.80. The zero-order valence-corrected chi connectivity index (χ0v) is 16.6. The number of ether oxygens (including phenoxy) is 2. The number of hydrogen-bond donors (Lipinski definition) is 2. The maximum Gasteiger partial charge on any atom is 0.127 e. The van der Waals surface area contributed by atoms with Gasteiger partial charge >= 0.3 is 0 Å². The number of aromatic nitrogens is 2. The number of methoxy groups -OCH3 is 1. The molecule has 2 N–H and O–H groups in total. The molecule has 0 unspecified atom stereocenters. The van der Waals surface area contributed by atoms with E-state index in [0.717, 1.165) is 39.7 Å². The van der Waals surface area contributed by atoms with Crippen molar-refractivity contribution < 1.29 is 9.47 Å². The van der Waals surface area contributed by atoms with Gasteiger partial charge in [-0.15, -0.1) is 0 Å². The quantitative estimate of drug-likeness (QED) is 0.363. The lowest BCUT2D eigenvalue weighted by molar-refractivity contribution is 0.413. The first-order chi connectivity index (χ1) is 14.8. The topological polar surface area (TPSA) is 59.2 Å². The molecule has 148 valence electrons. The molecule has 5 nitrogen and oxygen atoms in total. The van der Waals surface area contributed by atoms with E-state index in [9.17, 15) is 0 Å². The Morgan fingerprint density at radius 3 is 2.50 bits per heavy atom. The maximum absolute atomic E-state index is 5.96. The number of aromatic amines is 1. The molecule has 0 radical (unpaired) electrons. The lowest BCUT2D eigenvalue weighted by Crippen LogP contribution is -2.01. The van der Waals surface area contributed by atoms with Gasteiger partial charge in [-0.05, 0) is 54.1 Å². The second kappa shape index (κ2) is 7.79.